The van der Waals surface area contributed by atoms with Crippen molar-refractivity contribution in [2.45, 2.75) is 38.1 Å². The highest BCUT2D eigenvalue weighted by atomic mass is 32.2. The molecule has 0 saturated heterocycles. The van der Waals surface area contributed by atoms with Gasteiger partial charge in [-0.3, -0.25) is 9.52 Å². The maximum Gasteiger partial charge on any atom is 0.229 e. The van der Waals surface area contributed by atoms with E-state index in [1.165, 1.54) is 11.1 Å². The van der Waals surface area contributed by atoms with Crippen molar-refractivity contribution in [2.75, 3.05) is 18.1 Å². The number of para-hydroxylation sites is 1. The number of nitrogens with one attached hydrogen (secondary N) is 2. The lowest BCUT2D eigenvalue weighted by Gasteiger charge is -2.25. The Morgan fingerprint density at radius 2 is 2.00 bits per heavy atom. The highest BCUT2D eigenvalue weighted by Crippen LogP contribution is 2.35. The van der Waals surface area contributed by atoms with E-state index in [-0.39, 0.29) is 18.4 Å². The summed E-state index contributed by atoms with van der Waals surface area (Å²) in [6.07, 6.45) is 4.58. The summed E-state index contributed by atoms with van der Waals surface area (Å²) in [5, 5.41) is 2.93. The van der Waals surface area contributed by atoms with E-state index in [1.54, 1.807) is 25.3 Å². The Bertz CT molecular complexity index is 957. The molecule has 1 amide bonds. The lowest BCUT2D eigenvalue weighted by molar-refractivity contribution is -0.121. The Morgan fingerprint density at radius 3 is 2.75 bits per heavy atom. The summed E-state index contributed by atoms with van der Waals surface area (Å²) in [6.45, 7) is 0.277. The summed E-state index contributed by atoms with van der Waals surface area (Å²) in [4.78, 5) is 12.5. The number of hydrogen-bond donors (Lipinski definition) is 2. The second-order valence-electron chi connectivity index (χ2n) is 7.17. The summed E-state index contributed by atoms with van der Waals surface area (Å²) < 4.78 is 30.8. The standard InChI is InChI=1S/C21H26N2O4S/c1-27-18-10-11-19-15(12-18)7-5-8-16(19)13-21(24)22-14-17-6-3-4-9-20(17)23-28(2,25)26/h3-4,6,9-12,16,23H,5,7-8,13-14H2,1-2H3,(H,22,24). The third-order valence-corrected chi connectivity index (χ3v) is 5.60. The normalized spacial score (nSPS) is 16.1. The molecule has 0 saturated carbocycles. The number of rotatable bonds is 7. The van der Waals surface area contributed by atoms with Crippen molar-refractivity contribution in [2.24, 2.45) is 0 Å². The summed E-state index contributed by atoms with van der Waals surface area (Å²) in [6, 6.07) is 13.1. The predicted molar refractivity (Wildman–Crippen MR) is 110 cm³/mol. The van der Waals surface area contributed by atoms with Gasteiger partial charge in [-0.1, -0.05) is 24.3 Å². The molecule has 0 aliphatic heterocycles. The van der Waals surface area contributed by atoms with Gasteiger partial charge in [-0.05, 0) is 60.1 Å². The van der Waals surface area contributed by atoms with Crippen molar-refractivity contribution in [3.63, 3.8) is 0 Å². The van der Waals surface area contributed by atoms with E-state index < -0.39 is 10.0 Å². The molecular weight excluding hydrogens is 376 g/mol. The number of carbonyl (C=O) groups is 1. The van der Waals surface area contributed by atoms with Crippen LogP contribution in [0.25, 0.3) is 0 Å². The summed E-state index contributed by atoms with van der Waals surface area (Å²) in [7, 11) is -1.71. The van der Waals surface area contributed by atoms with Gasteiger partial charge in [-0.2, -0.15) is 0 Å². The van der Waals surface area contributed by atoms with Crippen molar-refractivity contribution in [1.82, 2.24) is 5.32 Å². The minimum absolute atomic E-state index is 0.0390. The van der Waals surface area contributed by atoms with Crippen molar-refractivity contribution >= 4 is 21.6 Å². The number of fused-ring (bicyclic) bond motifs is 1. The third-order valence-electron chi connectivity index (χ3n) is 5.01. The average Bonchev–Trinajstić information content (AvgIpc) is 2.66. The number of ether oxygens (including phenoxy) is 1. The lowest BCUT2D eigenvalue weighted by Crippen LogP contribution is -2.26. The molecule has 1 atom stereocenters. The molecule has 0 fully saturated rings. The van der Waals surface area contributed by atoms with Crippen molar-refractivity contribution < 1.29 is 17.9 Å². The minimum Gasteiger partial charge on any atom is -0.497 e. The second-order valence-corrected chi connectivity index (χ2v) is 8.91. The number of amides is 1. The predicted octanol–water partition coefficient (Wildman–Crippen LogP) is 3.19. The fourth-order valence-corrected chi connectivity index (χ4v) is 4.29. The smallest absolute Gasteiger partial charge is 0.229 e. The van der Waals surface area contributed by atoms with Crippen LogP contribution in [-0.2, 0) is 27.8 Å². The quantitative estimate of drug-likeness (QED) is 0.745. The third kappa shape index (κ3) is 5.25. The van der Waals surface area contributed by atoms with Crippen LogP contribution in [0.5, 0.6) is 5.75 Å². The molecule has 0 bridgehead atoms. The molecule has 1 unspecified atom stereocenters. The molecule has 3 rings (SSSR count). The number of aryl methyl sites for hydroxylation is 1. The first-order chi connectivity index (χ1) is 13.4. The number of anilines is 1. The summed E-state index contributed by atoms with van der Waals surface area (Å²) in [5.74, 6) is 1.00. The minimum atomic E-state index is -3.37. The molecule has 7 heteroatoms. The van der Waals surface area contributed by atoms with E-state index in [1.807, 2.05) is 12.1 Å². The van der Waals surface area contributed by atoms with Gasteiger partial charge in [0, 0.05) is 13.0 Å². The van der Waals surface area contributed by atoms with E-state index in [0.29, 0.717) is 12.1 Å². The number of methoxy groups -OCH3 is 1. The van der Waals surface area contributed by atoms with E-state index in [0.717, 1.165) is 36.8 Å². The summed E-state index contributed by atoms with van der Waals surface area (Å²) in [5.41, 5.74) is 3.70. The van der Waals surface area contributed by atoms with Crippen LogP contribution in [0.1, 0.15) is 41.9 Å². The SMILES string of the molecule is COc1ccc2c(c1)CCCC2CC(=O)NCc1ccccc1NS(C)(=O)=O. The van der Waals surface area contributed by atoms with Gasteiger partial charge < -0.3 is 10.1 Å². The highest BCUT2D eigenvalue weighted by molar-refractivity contribution is 7.92. The van der Waals surface area contributed by atoms with Gasteiger partial charge in [0.2, 0.25) is 15.9 Å². The number of sulfonamides is 1. The van der Waals surface area contributed by atoms with Crippen LogP contribution in [0.3, 0.4) is 0 Å². The number of carbonyl (C=O) groups excluding carboxylic acids is 1. The molecule has 0 spiro atoms. The van der Waals surface area contributed by atoms with Crippen LogP contribution < -0.4 is 14.8 Å². The van der Waals surface area contributed by atoms with Crippen LogP contribution in [0, 0.1) is 0 Å². The Labute approximate surface area is 166 Å². The van der Waals surface area contributed by atoms with Crippen molar-refractivity contribution in [3.8, 4) is 5.75 Å². The van der Waals surface area contributed by atoms with Gasteiger partial charge in [0.15, 0.2) is 0 Å². The van der Waals surface area contributed by atoms with Gasteiger partial charge >= 0.3 is 0 Å². The molecule has 6 nitrogen and oxygen atoms in total. The Kier molecular flexibility index (Phi) is 6.24. The molecule has 0 aromatic heterocycles. The number of benzene rings is 2. The summed E-state index contributed by atoms with van der Waals surface area (Å²) >= 11 is 0. The van der Waals surface area contributed by atoms with Crippen molar-refractivity contribution in [3.05, 3.63) is 59.2 Å². The molecule has 2 aromatic rings. The van der Waals surface area contributed by atoms with Gasteiger partial charge in [0.25, 0.3) is 0 Å². The van der Waals surface area contributed by atoms with Crippen LogP contribution in [-0.4, -0.2) is 27.7 Å². The van der Waals surface area contributed by atoms with E-state index in [2.05, 4.69) is 22.2 Å². The zero-order chi connectivity index (χ0) is 20.1. The highest BCUT2D eigenvalue weighted by Gasteiger charge is 2.23. The van der Waals surface area contributed by atoms with Crippen molar-refractivity contribution in [1.29, 1.82) is 0 Å². The molecule has 2 N–H and O–H groups in total. The molecular formula is C21H26N2O4S. The Hall–Kier alpha value is -2.54. The second kappa shape index (κ2) is 8.65. The molecule has 28 heavy (non-hydrogen) atoms. The van der Waals surface area contributed by atoms with E-state index >= 15 is 0 Å². The Balaban J connectivity index is 1.64. The molecule has 150 valence electrons. The van der Waals surface area contributed by atoms with Crippen LogP contribution in [0.2, 0.25) is 0 Å². The zero-order valence-corrected chi connectivity index (χ0v) is 17.0. The van der Waals surface area contributed by atoms with E-state index in [4.69, 9.17) is 4.74 Å². The maximum atomic E-state index is 12.5. The first-order valence-electron chi connectivity index (χ1n) is 9.35. The first-order valence-corrected chi connectivity index (χ1v) is 11.2. The molecule has 1 aliphatic carbocycles. The fourth-order valence-electron chi connectivity index (χ4n) is 3.69. The maximum absolute atomic E-state index is 12.5. The zero-order valence-electron chi connectivity index (χ0n) is 16.2. The topological polar surface area (TPSA) is 84.5 Å². The van der Waals surface area contributed by atoms with Gasteiger partial charge in [0.05, 0.1) is 19.1 Å². The molecule has 0 radical (unpaired) electrons. The lowest BCUT2D eigenvalue weighted by atomic mass is 9.81. The van der Waals surface area contributed by atoms with E-state index in [9.17, 15) is 13.2 Å². The van der Waals surface area contributed by atoms with Gasteiger partial charge in [-0.15, -0.1) is 0 Å². The first kappa shape index (κ1) is 20.2. The monoisotopic (exact) mass is 402 g/mol. The van der Waals surface area contributed by atoms with Crippen LogP contribution in [0.4, 0.5) is 5.69 Å². The molecule has 0 heterocycles. The fraction of sp³-hybridized carbons (Fsp3) is 0.381. The van der Waals surface area contributed by atoms with Gasteiger partial charge in [-0.25, -0.2) is 8.42 Å². The Morgan fingerprint density at radius 1 is 1.21 bits per heavy atom. The van der Waals surface area contributed by atoms with Crippen LogP contribution >= 0.6 is 0 Å². The molecule has 1 aliphatic rings. The molecule has 2 aromatic carbocycles. The van der Waals surface area contributed by atoms with Crippen LogP contribution in [0.15, 0.2) is 42.5 Å². The average molecular weight is 403 g/mol. The largest absolute Gasteiger partial charge is 0.497 e. The van der Waals surface area contributed by atoms with Gasteiger partial charge in [0.1, 0.15) is 5.75 Å². The number of hydrogen-bond acceptors (Lipinski definition) is 4.